The van der Waals surface area contributed by atoms with E-state index in [1.54, 1.807) is 18.3 Å². The summed E-state index contributed by atoms with van der Waals surface area (Å²) in [6, 6.07) is 5.41. The molecule has 1 aliphatic heterocycles. The molecule has 0 aromatic carbocycles. The van der Waals surface area contributed by atoms with Crippen LogP contribution in [-0.4, -0.2) is 31.0 Å². The SMILES string of the molecule is N#Cc1cccnc1OCC1CNCO1. The molecule has 0 spiro atoms. The monoisotopic (exact) mass is 205 g/mol. The minimum atomic E-state index is 0.0403. The molecular weight excluding hydrogens is 194 g/mol. The van der Waals surface area contributed by atoms with Gasteiger partial charge in [0.1, 0.15) is 24.3 Å². The molecule has 2 heterocycles. The molecule has 1 fully saturated rings. The normalized spacial score (nSPS) is 19.8. The molecule has 78 valence electrons. The van der Waals surface area contributed by atoms with E-state index in [9.17, 15) is 0 Å². The molecule has 1 aliphatic rings. The minimum Gasteiger partial charge on any atom is -0.474 e. The van der Waals surface area contributed by atoms with Crippen molar-refractivity contribution in [2.75, 3.05) is 19.9 Å². The highest BCUT2D eigenvalue weighted by Gasteiger charge is 2.16. The van der Waals surface area contributed by atoms with Crippen molar-refractivity contribution in [3.05, 3.63) is 23.9 Å². The Morgan fingerprint density at radius 2 is 2.67 bits per heavy atom. The van der Waals surface area contributed by atoms with Crippen LogP contribution in [0.2, 0.25) is 0 Å². The van der Waals surface area contributed by atoms with Crippen molar-refractivity contribution >= 4 is 0 Å². The molecule has 0 aliphatic carbocycles. The summed E-state index contributed by atoms with van der Waals surface area (Å²) in [5.41, 5.74) is 0.448. The Balaban J connectivity index is 1.95. The molecule has 0 bridgehead atoms. The molecule has 5 nitrogen and oxygen atoms in total. The molecule has 0 saturated carbocycles. The fraction of sp³-hybridized carbons (Fsp3) is 0.400. The van der Waals surface area contributed by atoms with E-state index in [4.69, 9.17) is 14.7 Å². The van der Waals surface area contributed by atoms with E-state index >= 15 is 0 Å². The maximum absolute atomic E-state index is 8.80. The average molecular weight is 205 g/mol. The average Bonchev–Trinajstić information content (AvgIpc) is 2.79. The van der Waals surface area contributed by atoms with Crippen molar-refractivity contribution in [1.82, 2.24) is 10.3 Å². The summed E-state index contributed by atoms with van der Waals surface area (Å²) in [7, 11) is 0. The molecule has 0 radical (unpaired) electrons. The summed E-state index contributed by atoms with van der Waals surface area (Å²) in [4.78, 5) is 3.99. The van der Waals surface area contributed by atoms with Gasteiger partial charge in [0.15, 0.2) is 0 Å². The van der Waals surface area contributed by atoms with Crippen LogP contribution in [-0.2, 0) is 4.74 Å². The second-order valence-corrected chi connectivity index (χ2v) is 3.17. The van der Waals surface area contributed by atoms with E-state index in [0.717, 1.165) is 6.54 Å². The lowest BCUT2D eigenvalue weighted by atomic mass is 10.3. The van der Waals surface area contributed by atoms with Gasteiger partial charge in [-0.1, -0.05) is 0 Å². The van der Waals surface area contributed by atoms with Gasteiger partial charge >= 0.3 is 0 Å². The van der Waals surface area contributed by atoms with Crippen LogP contribution in [0.3, 0.4) is 0 Å². The predicted octanol–water partition coefficient (Wildman–Crippen LogP) is 0.278. The topological polar surface area (TPSA) is 67.2 Å². The summed E-state index contributed by atoms with van der Waals surface area (Å²) in [6.45, 7) is 1.74. The summed E-state index contributed by atoms with van der Waals surface area (Å²) in [5.74, 6) is 0.371. The van der Waals surface area contributed by atoms with Crippen molar-refractivity contribution in [2.45, 2.75) is 6.10 Å². The van der Waals surface area contributed by atoms with Gasteiger partial charge in [0.25, 0.3) is 0 Å². The molecule has 15 heavy (non-hydrogen) atoms. The van der Waals surface area contributed by atoms with Crippen molar-refractivity contribution in [3.8, 4) is 11.9 Å². The number of ether oxygens (including phenoxy) is 2. The highest BCUT2D eigenvalue weighted by Crippen LogP contribution is 2.13. The highest BCUT2D eigenvalue weighted by atomic mass is 16.5. The molecule has 5 heteroatoms. The van der Waals surface area contributed by atoms with Gasteiger partial charge in [-0.25, -0.2) is 4.98 Å². The number of hydrogen-bond acceptors (Lipinski definition) is 5. The van der Waals surface area contributed by atoms with E-state index < -0.39 is 0 Å². The summed E-state index contributed by atoms with van der Waals surface area (Å²) >= 11 is 0. The van der Waals surface area contributed by atoms with Gasteiger partial charge in [-0.3, -0.25) is 5.32 Å². The van der Waals surface area contributed by atoms with E-state index in [1.165, 1.54) is 0 Å². The van der Waals surface area contributed by atoms with Gasteiger partial charge in [0.2, 0.25) is 5.88 Å². The zero-order chi connectivity index (χ0) is 10.5. The first-order valence-electron chi connectivity index (χ1n) is 4.70. The summed E-state index contributed by atoms with van der Waals surface area (Å²) < 4.78 is 10.7. The van der Waals surface area contributed by atoms with E-state index in [2.05, 4.69) is 10.3 Å². The number of nitrogens with zero attached hydrogens (tertiary/aromatic N) is 2. The summed E-state index contributed by atoms with van der Waals surface area (Å²) in [6.07, 6.45) is 1.64. The molecule has 0 amide bonds. The number of hydrogen-bond donors (Lipinski definition) is 1. The number of nitrogens with one attached hydrogen (secondary N) is 1. The van der Waals surface area contributed by atoms with Crippen LogP contribution in [0.25, 0.3) is 0 Å². The maximum atomic E-state index is 8.80. The fourth-order valence-electron chi connectivity index (χ4n) is 1.33. The van der Waals surface area contributed by atoms with Crippen LogP contribution in [0.5, 0.6) is 5.88 Å². The molecular formula is C10H11N3O2. The number of aromatic nitrogens is 1. The Bertz CT molecular complexity index is 369. The van der Waals surface area contributed by atoms with Crippen molar-refractivity contribution in [2.24, 2.45) is 0 Å². The number of pyridine rings is 1. The third-order valence-electron chi connectivity index (χ3n) is 2.09. The highest BCUT2D eigenvalue weighted by molar-refractivity contribution is 5.36. The first-order chi connectivity index (χ1) is 7.40. The van der Waals surface area contributed by atoms with Gasteiger partial charge in [0, 0.05) is 12.7 Å². The van der Waals surface area contributed by atoms with Crippen LogP contribution < -0.4 is 10.1 Å². The molecule has 1 aromatic rings. The van der Waals surface area contributed by atoms with Crippen molar-refractivity contribution in [3.63, 3.8) is 0 Å². The van der Waals surface area contributed by atoms with E-state index in [0.29, 0.717) is 24.8 Å². The van der Waals surface area contributed by atoms with E-state index in [-0.39, 0.29) is 6.10 Å². The number of nitriles is 1. The van der Waals surface area contributed by atoms with Crippen LogP contribution in [0.15, 0.2) is 18.3 Å². The molecule has 1 aromatic heterocycles. The van der Waals surface area contributed by atoms with Crippen LogP contribution >= 0.6 is 0 Å². The van der Waals surface area contributed by atoms with Crippen LogP contribution in [0, 0.1) is 11.3 Å². The first kappa shape index (κ1) is 9.90. The van der Waals surface area contributed by atoms with Crippen LogP contribution in [0.4, 0.5) is 0 Å². The summed E-state index contributed by atoms with van der Waals surface area (Å²) in [5, 5.41) is 11.8. The third-order valence-corrected chi connectivity index (χ3v) is 2.09. The van der Waals surface area contributed by atoms with Gasteiger partial charge in [-0.2, -0.15) is 5.26 Å². The smallest absolute Gasteiger partial charge is 0.231 e. The minimum absolute atomic E-state index is 0.0403. The van der Waals surface area contributed by atoms with Gasteiger partial charge in [-0.05, 0) is 12.1 Å². The Morgan fingerprint density at radius 1 is 1.73 bits per heavy atom. The van der Waals surface area contributed by atoms with E-state index in [1.807, 2.05) is 6.07 Å². The second-order valence-electron chi connectivity index (χ2n) is 3.17. The zero-order valence-corrected chi connectivity index (χ0v) is 8.14. The predicted molar refractivity (Wildman–Crippen MR) is 52.2 cm³/mol. The number of rotatable bonds is 3. The van der Waals surface area contributed by atoms with Crippen molar-refractivity contribution < 1.29 is 9.47 Å². The molecule has 1 unspecified atom stereocenters. The lowest BCUT2D eigenvalue weighted by Crippen LogP contribution is -2.22. The Kier molecular flexibility index (Phi) is 3.12. The lowest BCUT2D eigenvalue weighted by Gasteiger charge is -2.10. The Morgan fingerprint density at radius 3 is 3.40 bits per heavy atom. The molecule has 2 rings (SSSR count). The lowest BCUT2D eigenvalue weighted by molar-refractivity contribution is 0.0700. The van der Waals surface area contributed by atoms with Gasteiger partial charge in [-0.15, -0.1) is 0 Å². The Hall–Kier alpha value is -1.64. The zero-order valence-electron chi connectivity index (χ0n) is 8.14. The molecule has 1 saturated heterocycles. The van der Waals surface area contributed by atoms with Gasteiger partial charge in [0.05, 0.1) is 6.73 Å². The Labute approximate surface area is 87.6 Å². The largest absolute Gasteiger partial charge is 0.474 e. The van der Waals surface area contributed by atoms with Crippen molar-refractivity contribution in [1.29, 1.82) is 5.26 Å². The quantitative estimate of drug-likeness (QED) is 0.767. The van der Waals surface area contributed by atoms with Gasteiger partial charge < -0.3 is 9.47 Å². The fourth-order valence-corrected chi connectivity index (χ4v) is 1.33. The maximum Gasteiger partial charge on any atom is 0.231 e. The first-order valence-corrected chi connectivity index (χ1v) is 4.70. The van der Waals surface area contributed by atoms with Crippen LogP contribution in [0.1, 0.15) is 5.56 Å². The molecule has 1 atom stereocenters. The molecule has 1 N–H and O–H groups in total. The standard InChI is InChI=1S/C10H11N3O2/c11-4-8-2-1-3-13-10(8)14-6-9-5-12-7-15-9/h1-3,9,12H,5-7H2. The second kappa shape index (κ2) is 4.73. The third kappa shape index (κ3) is 2.43.